The van der Waals surface area contributed by atoms with Crippen LogP contribution in [0.3, 0.4) is 0 Å². The molecular weight excluding hydrogens is 549 g/mol. The van der Waals surface area contributed by atoms with Gasteiger partial charge in [0.2, 0.25) is 0 Å². The predicted molar refractivity (Wildman–Crippen MR) is 141 cm³/mol. The van der Waals surface area contributed by atoms with E-state index in [0.717, 1.165) is 12.1 Å². The quantitative estimate of drug-likeness (QED) is 0.133. The molecule has 0 aliphatic rings. The lowest BCUT2D eigenvalue weighted by Gasteiger charge is -2.19. The van der Waals surface area contributed by atoms with Crippen LogP contribution in [-0.2, 0) is 27.4 Å². The molecule has 3 aromatic carbocycles. The van der Waals surface area contributed by atoms with E-state index in [1.54, 1.807) is 36.5 Å². The van der Waals surface area contributed by atoms with Gasteiger partial charge in [-0.05, 0) is 60.6 Å². The van der Waals surface area contributed by atoms with E-state index >= 15 is 0 Å². The van der Waals surface area contributed by atoms with Crippen LogP contribution in [0, 0.1) is 11.5 Å². The Morgan fingerprint density at radius 2 is 1.75 bits per heavy atom. The minimum atomic E-state index is -4.63. The van der Waals surface area contributed by atoms with E-state index in [9.17, 15) is 31.5 Å². The first-order valence-electron chi connectivity index (χ1n) is 11.9. The fraction of sp³-hybridized carbons (Fsp3) is 0.259. The number of benzene rings is 3. The Morgan fingerprint density at radius 1 is 1.07 bits per heavy atom. The van der Waals surface area contributed by atoms with Crippen molar-refractivity contribution in [1.29, 1.82) is 5.26 Å². The molecule has 40 heavy (non-hydrogen) atoms. The van der Waals surface area contributed by atoms with Gasteiger partial charge in [-0.15, -0.1) is 0 Å². The fourth-order valence-electron chi connectivity index (χ4n) is 3.91. The Kier molecular flexibility index (Phi) is 9.98. The number of nitriles is 1. The van der Waals surface area contributed by atoms with Gasteiger partial charge in [0.15, 0.2) is 22.3 Å². The van der Waals surface area contributed by atoms with E-state index in [2.05, 4.69) is 16.0 Å². The summed E-state index contributed by atoms with van der Waals surface area (Å²) in [6.07, 6.45) is -4.10. The van der Waals surface area contributed by atoms with Gasteiger partial charge < -0.3 is 15.2 Å². The number of carbonyl (C=O) groups is 1. The molecule has 212 valence electrons. The summed E-state index contributed by atoms with van der Waals surface area (Å²) in [6, 6.07) is 17.1. The molecule has 0 saturated carbocycles. The second-order valence-corrected chi connectivity index (χ2v) is 10.8. The molecule has 0 fully saturated rings. The topological polar surface area (TPSA) is 141 Å². The summed E-state index contributed by atoms with van der Waals surface area (Å²) in [5, 5.41) is 25.9. The van der Waals surface area contributed by atoms with Crippen molar-refractivity contribution in [2.45, 2.75) is 36.3 Å². The highest BCUT2D eigenvalue weighted by molar-refractivity contribution is 7.91. The van der Waals surface area contributed by atoms with E-state index in [0.29, 0.717) is 5.56 Å². The average molecular weight is 577 g/mol. The van der Waals surface area contributed by atoms with E-state index < -0.39 is 45.5 Å². The second-order valence-electron chi connectivity index (χ2n) is 8.79. The van der Waals surface area contributed by atoms with Crippen molar-refractivity contribution in [3.8, 4) is 11.9 Å². The van der Waals surface area contributed by atoms with Crippen LogP contribution in [0.15, 0.2) is 77.7 Å². The lowest BCUT2D eigenvalue weighted by molar-refractivity contribution is -0.138. The lowest BCUT2D eigenvalue weighted by Crippen LogP contribution is -2.44. The smallest absolute Gasteiger partial charge is 0.416 e. The van der Waals surface area contributed by atoms with Gasteiger partial charge in [-0.1, -0.05) is 30.3 Å². The molecule has 0 amide bonds. The molecule has 0 aliphatic heterocycles. The summed E-state index contributed by atoms with van der Waals surface area (Å²) < 4.78 is 72.1. The van der Waals surface area contributed by atoms with Crippen LogP contribution < -0.4 is 20.7 Å². The number of nitrogens with zero attached hydrogens (tertiary/aromatic N) is 1. The second kappa shape index (κ2) is 13.2. The molecule has 3 rings (SSSR count). The summed E-state index contributed by atoms with van der Waals surface area (Å²) in [4.78, 5) is 11.3. The minimum Gasteiger partial charge on any atom is -0.489 e. The van der Waals surface area contributed by atoms with Crippen LogP contribution in [0.4, 0.5) is 18.9 Å². The van der Waals surface area contributed by atoms with Gasteiger partial charge in [-0.3, -0.25) is 15.4 Å². The monoisotopic (exact) mass is 576 g/mol. The number of halogens is 3. The van der Waals surface area contributed by atoms with E-state index in [4.69, 9.17) is 10.00 Å². The van der Waals surface area contributed by atoms with Crippen molar-refractivity contribution >= 4 is 21.5 Å². The van der Waals surface area contributed by atoms with Gasteiger partial charge in [-0.25, -0.2) is 8.42 Å². The maximum atomic E-state index is 13.5. The first-order chi connectivity index (χ1) is 18.9. The van der Waals surface area contributed by atoms with E-state index in [-0.39, 0.29) is 34.9 Å². The third-order valence-corrected chi connectivity index (χ3v) is 7.66. The van der Waals surface area contributed by atoms with Crippen LogP contribution in [0.1, 0.15) is 29.0 Å². The summed E-state index contributed by atoms with van der Waals surface area (Å²) in [6.45, 7) is -0.255. The number of carboxylic acids is 1. The maximum absolute atomic E-state index is 13.5. The van der Waals surface area contributed by atoms with Crippen LogP contribution in [0.25, 0.3) is 0 Å². The molecule has 9 nitrogen and oxygen atoms in total. The molecule has 2 atom stereocenters. The number of ether oxygens (including phenoxy) is 1. The Labute approximate surface area is 229 Å². The SMILES string of the molecule is CNC(NC#N)Nc1cc(COc2ccc(S(=O)(=O)CC(CC(=O)O)c3ccccc3)cc2)cc(C(F)(F)F)c1. The van der Waals surface area contributed by atoms with Crippen LogP contribution in [-0.4, -0.2) is 38.6 Å². The molecule has 4 N–H and O–H groups in total. The number of hydrogen-bond donors (Lipinski definition) is 4. The summed E-state index contributed by atoms with van der Waals surface area (Å²) >= 11 is 0. The highest BCUT2D eigenvalue weighted by Gasteiger charge is 2.31. The van der Waals surface area contributed by atoms with Gasteiger partial charge in [0.25, 0.3) is 0 Å². The molecule has 0 aliphatic carbocycles. The number of aliphatic carboxylic acids is 1. The number of alkyl halides is 3. The van der Waals surface area contributed by atoms with Crippen molar-refractivity contribution < 1.29 is 36.2 Å². The molecule has 2 unspecified atom stereocenters. The first-order valence-corrected chi connectivity index (χ1v) is 13.6. The highest BCUT2D eigenvalue weighted by Crippen LogP contribution is 2.33. The summed E-state index contributed by atoms with van der Waals surface area (Å²) in [7, 11) is -2.36. The van der Waals surface area contributed by atoms with Gasteiger partial charge in [0.1, 0.15) is 12.4 Å². The third kappa shape index (κ3) is 8.62. The van der Waals surface area contributed by atoms with Crippen LogP contribution in [0.5, 0.6) is 5.75 Å². The standard InChI is InChI=1S/C27H27F3N4O5S/c1-32-26(33-17-31)34-22-12-18(11-21(14-22)27(28,29)30)15-39-23-7-9-24(10-8-23)40(37,38)16-20(13-25(35)36)19-5-3-2-4-6-19/h2-12,14,20,26,32-34H,13,15-16H2,1H3,(H,35,36). The molecule has 0 radical (unpaired) electrons. The molecule has 0 aromatic heterocycles. The van der Waals surface area contributed by atoms with E-state index in [1.165, 1.54) is 37.4 Å². The maximum Gasteiger partial charge on any atom is 0.416 e. The average Bonchev–Trinajstić information content (AvgIpc) is 2.91. The first kappa shape index (κ1) is 30.3. The Balaban J connectivity index is 1.75. The van der Waals surface area contributed by atoms with Crippen molar-refractivity contribution in [1.82, 2.24) is 10.6 Å². The van der Waals surface area contributed by atoms with E-state index in [1.807, 2.05) is 0 Å². The number of anilines is 1. The minimum absolute atomic E-state index is 0.0418. The van der Waals surface area contributed by atoms with Crippen LogP contribution in [0.2, 0.25) is 0 Å². The Hall–Kier alpha value is -4.28. The molecule has 3 aromatic rings. The van der Waals surface area contributed by atoms with Gasteiger partial charge >= 0.3 is 12.1 Å². The molecule has 0 bridgehead atoms. The molecule has 0 heterocycles. The molecule has 0 saturated heterocycles. The number of rotatable bonds is 13. The summed E-state index contributed by atoms with van der Waals surface area (Å²) in [5.41, 5.74) is -0.0574. The lowest BCUT2D eigenvalue weighted by atomic mass is 9.98. The van der Waals surface area contributed by atoms with Crippen molar-refractivity contribution in [3.05, 3.63) is 89.5 Å². The molecule has 13 heteroatoms. The number of sulfone groups is 1. The number of carboxylic acid groups (broad SMARTS) is 1. The van der Waals surface area contributed by atoms with Crippen LogP contribution >= 0.6 is 0 Å². The normalized spacial score (nSPS) is 13.1. The zero-order valence-electron chi connectivity index (χ0n) is 21.3. The van der Waals surface area contributed by atoms with Crippen molar-refractivity contribution in [2.75, 3.05) is 18.1 Å². The number of nitrogens with one attached hydrogen (secondary N) is 3. The zero-order valence-corrected chi connectivity index (χ0v) is 22.1. The largest absolute Gasteiger partial charge is 0.489 e. The zero-order chi connectivity index (χ0) is 29.3. The molecule has 0 spiro atoms. The highest BCUT2D eigenvalue weighted by atomic mass is 32.2. The predicted octanol–water partition coefficient (Wildman–Crippen LogP) is 4.30. The number of hydrogen-bond acceptors (Lipinski definition) is 8. The van der Waals surface area contributed by atoms with Crippen molar-refractivity contribution in [3.63, 3.8) is 0 Å². The van der Waals surface area contributed by atoms with Gasteiger partial charge in [-0.2, -0.15) is 18.4 Å². The third-order valence-electron chi connectivity index (χ3n) is 5.83. The molecular formula is C27H27F3N4O5S. The van der Waals surface area contributed by atoms with Gasteiger partial charge in [0, 0.05) is 11.6 Å². The van der Waals surface area contributed by atoms with Gasteiger partial charge in [0.05, 0.1) is 22.6 Å². The Morgan fingerprint density at radius 3 is 2.33 bits per heavy atom. The summed E-state index contributed by atoms with van der Waals surface area (Å²) in [5.74, 6) is -2.08. The van der Waals surface area contributed by atoms with Crippen molar-refractivity contribution in [2.24, 2.45) is 0 Å². The Bertz CT molecular complexity index is 1440. The fourth-order valence-corrected chi connectivity index (χ4v) is 5.50.